The summed E-state index contributed by atoms with van der Waals surface area (Å²) in [6, 6.07) is 8.79. The molecule has 0 saturated carbocycles. The Bertz CT molecular complexity index is 704. The Morgan fingerprint density at radius 3 is 2.67 bits per heavy atom. The van der Waals surface area contributed by atoms with Gasteiger partial charge in [0, 0.05) is 11.8 Å². The summed E-state index contributed by atoms with van der Waals surface area (Å²) < 4.78 is 0. The Kier molecular flexibility index (Phi) is 3.42. The summed E-state index contributed by atoms with van der Waals surface area (Å²) in [4.78, 5) is 12.1. The summed E-state index contributed by atoms with van der Waals surface area (Å²) in [6.45, 7) is 1.79. The number of hydrogen-bond donors (Lipinski definition) is 3. The molecule has 1 atom stereocenters. The highest BCUT2D eigenvalue weighted by molar-refractivity contribution is 5.94. The minimum atomic E-state index is -0.316. The van der Waals surface area contributed by atoms with Crippen LogP contribution in [0.4, 0.5) is 0 Å². The fraction of sp³-hybridized carbons (Fsp3) is 0.154. The average molecular weight is 283 g/mol. The zero-order valence-corrected chi connectivity index (χ0v) is 11.2. The van der Waals surface area contributed by atoms with Gasteiger partial charge >= 0.3 is 0 Å². The van der Waals surface area contributed by atoms with Crippen molar-refractivity contribution in [1.82, 2.24) is 36.1 Å². The normalized spacial score (nSPS) is 12.0. The van der Waals surface area contributed by atoms with Gasteiger partial charge in [-0.05, 0) is 30.7 Å². The van der Waals surface area contributed by atoms with E-state index in [0.29, 0.717) is 11.4 Å². The van der Waals surface area contributed by atoms with E-state index in [-0.39, 0.29) is 11.9 Å². The Morgan fingerprint density at radius 2 is 2.05 bits per heavy atom. The number of aromatic amines is 2. The van der Waals surface area contributed by atoms with Gasteiger partial charge in [-0.15, -0.1) is 10.2 Å². The van der Waals surface area contributed by atoms with Gasteiger partial charge in [-0.2, -0.15) is 10.3 Å². The minimum absolute atomic E-state index is 0.191. The molecule has 0 fully saturated rings. The number of H-pyrrole nitrogens is 2. The quantitative estimate of drug-likeness (QED) is 0.663. The number of benzene rings is 1. The number of carbonyl (C=O) groups is 1. The van der Waals surface area contributed by atoms with E-state index >= 15 is 0 Å². The molecular formula is C13H13N7O. The van der Waals surface area contributed by atoms with Crippen LogP contribution in [-0.2, 0) is 0 Å². The molecule has 0 radical (unpaired) electrons. The molecule has 3 rings (SSSR count). The van der Waals surface area contributed by atoms with Crippen LogP contribution in [0.1, 0.15) is 29.1 Å². The molecule has 1 unspecified atom stereocenters. The summed E-state index contributed by atoms with van der Waals surface area (Å²) in [6.07, 6.45) is 1.68. The van der Waals surface area contributed by atoms with Crippen LogP contribution >= 0.6 is 0 Å². The Hall–Kier alpha value is -3.03. The predicted octanol–water partition coefficient (Wildman–Crippen LogP) is 1.08. The number of nitrogens with one attached hydrogen (secondary N) is 3. The van der Waals surface area contributed by atoms with E-state index in [4.69, 9.17) is 0 Å². The van der Waals surface area contributed by atoms with Crippen LogP contribution in [0, 0.1) is 0 Å². The molecule has 1 aromatic carbocycles. The van der Waals surface area contributed by atoms with Crippen LogP contribution in [0.5, 0.6) is 0 Å². The summed E-state index contributed by atoms with van der Waals surface area (Å²) in [5, 5.41) is 23.1. The summed E-state index contributed by atoms with van der Waals surface area (Å²) >= 11 is 0. The van der Waals surface area contributed by atoms with E-state index in [0.717, 1.165) is 11.3 Å². The molecule has 2 aromatic heterocycles. The molecule has 0 bridgehead atoms. The largest absolute Gasteiger partial charge is 0.342 e. The van der Waals surface area contributed by atoms with E-state index in [9.17, 15) is 4.79 Å². The first kappa shape index (κ1) is 13.0. The highest BCUT2D eigenvalue weighted by Gasteiger charge is 2.14. The third-order valence-corrected chi connectivity index (χ3v) is 3.06. The molecule has 0 aliphatic heterocycles. The lowest BCUT2D eigenvalue weighted by Crippen LogP contribution is -2.27. The van der Waals surface area contributed by atoms with E-state index < -0.39 is 0 Å². The second kappa shape index (κ2) is 5.53. The first-order valence-electron chi connectivity index (χ1n) is 6.38. The van der Waals surface area contributed by atoms with Gasteiger partial charge in [0.05, 0.1) is 11.7 Å². The number of rotatable bonds is 4. The van der Waals surface area contributed by atoms with Crippen LogP contribution in [0.3, 0.4) is 0 Å². The van der Waals surface area contributed by atoms with Crippen molar-refractivity contribution in [3.63, 3.8) is 0 Å². The topological polar surface area (TPSA) is 112 Å². The van der Waals surface area contributed by atoms with Crippen LogP contribution in [0.25, 0.3) is 11.3 Å². The van der Waals surface area contributed by atoms with Gasteiger partial charge in [-0.1, -0.05) is 17.3 Å². The molecule has 21 heavy (non-hydrogen) atoms. The maximum atomic E-state index is 12.1. The zero-order chi connectivity index (χ0) is 14.7. The maximum absolute atomic E-state index is 12.1. The van der Waals surface area contributed by atoms with Crippen molar-refractivity contribution in [2.24, 2.45) is 0 Å². The Morgan fingerprint density at radius 1 is 1.24 bits per heavy atom. The van der Waals surface area contributed by atoms with E-state index in [2.05, 4.69) is 36.1 Å². The molecule has 1 amide bonds. The van der Waals surface area contributed by atoms with Crippen molar-refractivity contribution in [1.29, 1.82) is 0 Å². The van der Waals surface area contributed by atoms with Crippen molar-refractivity contribution < 1.29 is 4.79 Å². The first-order chi connectivity index (χ1) is 10.2. The number of carbonyl (C=O) groups excluding carboxylic acids is 1. The third kappa shape index (κ3) is 2.78. The van der Waals surface area contributed by atoms with Crippen molar-refractivity contribution in [2.45, 2.75) is 13.0 Å². The summed E-state index contributed by atoms with van der Waals surface area (Å²) in [5.74, 6) is 0.251. The molecular weight excluding hydrogens is 270 g/mol. The van der Waals surface area contributed by atoms with Gasteiger partial charge in [-0.25, -0.2) is 0 Å². The lowest BCUT2D eigenvalue weighted by atomic mass is 10.1. The number of hydrogen-bond acceptors (Lipinski definition) is 5. The minimum Gasteiger partial charge on any atom is -0.342 e. The second-order valence-electron chi connectivity index (χ2n) is 4.51. The molecule has 0 aliphatic carbocycles. The zero-order valence-electron chi connectivity index (χ0n) is 11.2. The van der Waals surface area contributed by atoms with Crippen molar-refractivity contribution in [3.8, 4) is 11.3 Å². The van der Waals surface area contributed by atoms with E-state index in [1.807, 2.05) is 18.2 Å². The third-order valence-electron chi connectivity index (χ3n) is 3.06. The lowest BCUT2D eigenvalue weighted by molar-refractivity contribution is 0.0938. The highest BCUT2D eigenvalue weighted by atomic mass is 16.1. The SMILES string of the molecule is CC(NC(=O)c1ccc(-c2ccn[nH]2)cc1)c1nn[nH]n1. The average Bonchev–Trinajstić information content (AvgIpc) is 3.20. The molecule has 2 heterocycles. The Labute approximate surface area is 120 Å². The predicted molar refractivity (Wildman–Crippen MR) is 74.1 cm³/mol. The molecule has 0 aliphatic rings. The molecule has 3 aromatic rings. The first-order valence-corrected chi connectivity index (χ1v) is 6.38. The summed E-state index contributed by atoms with van der Waals surface area (Å²) in [5.41, 5.74) is 2.44. The van der Waals surface area contributed by atoms with Crippen LogP contribution in [-0.4, -0.2) is 36.7 Å². The van der Waals surface area contributed by atoms with Gasteiger partial charge in [-0.3, -0.25) is 9.89 Å². The van der Waals surface area contributed by atoms with Crippen LogP contribution < -0.4 is 5.32 Å². The fourth-order valence-electron chi connectivity index (χ4n) is 1.92. The molecule has 3 N–H and O–H groups in total. The standard InChI is InChI=1S/C13H13N7O/c1-8(12-17-19-20-18-12)15-13(21)10-4-2-9(3-5-10)11-6-7-14-16-11/h2-8H,1H3,(H,14,16)(H,15,21)(H,17,18,19,20). The van der Waals surface area contributed by atoms with Crippen molar-refractivity contribution in [3.05, 3.63) is 47.9 Å². The maximum Gasteiger partial charge on any atom is 0.251 e. The van der Waals surface area contributed by atoms with Gasteiger partial charge < -0.3 is 5.32 Å². The van der Waals surface area contributed by atoms with Crippen molar-refractivity contribution >= 4 is 5.91 Å². The van der Waals surface area contributed by atoms with Gasteiger partial charge in [0.1, 0.15) is 0 Å². The lowest BCUT2D eigenvalue weighted by Gasteiger charge is -2.10. The highest BCUT2D eigenvalue weighted by Crippen LogP contribution is 2.17. The molecule has 106 valence electrons. The monoisotopic (exact) mass is 283 g/mol. The van der Waals surface area contributed by atoms with Crippen LogP contribution in [0.15, 0.2) is 36.5 Å². The van der Waals surface area contributed by atoms with Gasteiger partial charge in [0.25, 0.3) is 5.91 Å². The van der Waals surface area contributed by atoms with E-state index in [1.165, 1.54) is 0 Å². The van der Waals surface area contributed by atoms with Crippen LogP contribution in [0.2, 0.25) is 0 Å². The van der Waals surface area contributed by atoms with Crippen molar-refractivity contribution in [2.75, 3.05) is 0 Å². The smallest absolute Gasteiger partial charge is 0.251 e. The molecule has 0 saturated heterocycles. The number of nitrogens with zero attached hydrogens (tertiary/aromatic N) is 4. The Balaban J connectivity index is 1.70. The number of tetrazole rings is 1. The molecule has 8 nitrogen and oxygen atoms in total. The molecule has 0 spiro atoms. The summed E-state index contributed by atoms with van der Waals surface area (Å²) in [7, 11) is 0. The molecule has 8 heteroatoms. The van der Waals surface area contributed by atoms with Gasteiger partial charge in [0.15, 0.2) is 5.82 Å². The number of amides is 1. The van der Waals surface area contributed by atoms with Gasteiger partial charge in [0.2, 0.25) is 0 Å². The number of aromatic nitrogens is 6. The van der Waals surface area contributed by atoms with E-state index in [1.54, 1.807) is 25.3 Å². The fourth-order valence-corrected chi connectivity index (χ4v) is 1.92. The second-order valence-corrected chi connectivity index (χ2v) is 4.51.